The standard InChI is InChI=1S/C10H16N4O2S2/c1-5(2)17-9-6(7(11)15)8(18-13-9)12-10(16)14(3)4/h5H,1-4H3,(H2,11,15)(H,12,16). The first-order valence-corrected chi connectivity index (χ1v) is 6.92. The third kappa shape index (κ3) is 3.61. The van der Waals surface area contributed by atoms with Crippen LogP contribution in [0.4, 0.5) is 9.80 Å². The van der Waals surface area contributed by atoms with Crippen molar-refractivity contribution >= 4 is 40.2 Å². The summed E-state index contributed by atoms with van der Waals surface area (Å²) in [6.07, 6.45) is 0. The number of nitrogens with one attached hydrogen (secondary N) is 1. The van der Waals surface area contributed by atoms with E-state index in [1.165, 1.54) is 16.7 Å². The highest BCUT2D eigenvalue weighted by atomic mass is 32.2. The van der Waals surface area contributed by atoms with Gasteiger partial charge in [-0.3, -0.25) is 10.1 Å². The number of rotatable bonds is 4. The van der Waals surface area contributed by atoms with Crippen molar-refractivity contribution in [2.45, 2.75) is 24.1 Å². The number of carbonyl (C=O) groups excluding carboxylic acids is 2. The number of carbonyl (C=O) groups is 2. The fraction of sp³-hybridized carbons (Fsp3) is 0.500. The number of nitrogens with zero attached hydrogens (tertiary/aromatic N) is 2. The molecule has 1 heterocycles. The first-order valence-electron chi connectivity index (χ1n) is 5.27. The van der Waals surface area contributed by atoms with Crippen LogP contribution in [0.1, 0.15) is 24.2 Å². The molecule has 3 N–H and O–H groups in total. The summed E-state index contributed by atoms with van der Waals surface area (Å²) in [7, 11) is 3.23. The Labute approximate surface area is 114 Å². The number of hydrogen-bond donors (Lipinski definition) is 2. The molecule has 0 aliphatic heterocycles. The van der Waals surface area contributed by atoms with E-state index in [2.05, 4.69) is 9.69 Å². The van der Waals surface area contributed by atoms with Crippen molar-refractivity contribution in [3.8, 4) is 0 Å². The Morgan fingerprint density at radius 2 is 2.06 bits per heavy atom. The number of thioether (sulfide) groups is 1. The summed E-state index contributed by atoms with van der Waals surface area (Å²) in [6, 6.07) is -0.317. The van der Waals surface area contributed by atoms with Gasteiger partial charge in [-0.25, -0.2) is 4.79 Å². The lowest BCUT2D eigenvalue weighted by molar-refractivity contribution is 0.0998. The zero-order valence-corrected chi connectivity index (χ0v) is 12.3. The Balaban J connectivity index is 3.02. The van der Waals surface area contributed by atoms with E-state index in [9.17, 15) is 9.59 Å². The number of primary amides is 1. The molecule has 1 rings (SSSR count). The maximum absolute atomic E-state index is 11.6. The predicted octanol–water partition coefficient (Wildman–Crippen LogP) is 1.84. The van der Waals surface area contributed by atoms with Crippen LogP contribution in [0.3, 0.4) is 0 Å². The van der Waals surface area contributed by atoms with Gasteiger partial charge in [0, 0.05) is 19.3 Å². The molecule has 0 saturated heterocycles. The third-order valence-corrected chi connectivity index (χ3v) is 3.75. The molecule has 1 aromatic rings. The molecule has 6 nitrogen and oxygen atoms in total. The number of urea groups is 1. The first-order chi connectivity index (χ1) is 8.32. The van der Waals surface area contributed by atoms with Crippen LogP contribution >= 0.6 is 23.3 Å². The molecular formula is C10H16N4O2S2. The van der Waals surface area contributed by atoms with Crippen molar-refractivity contribution in [1.29, 1.82) is 0 Å². The van der Waals surface area contributed by atoms with Gasteiger partial charge in [0.1, 0.15) is 15.6 Å². The monoisotopic (exact) mass is 288 g/mol. The molecule has 1 aromatic heterocycles. The van der Waals surface area contributed by atoms with Gasteiger partial charge in [0.05, 0.1) is 0 Å². The summed E-state index contributed by atoms with van der Waals surface area (Å²) >= 11 is 2.51. The van der Waals surface area contributed by atoms with E-state index < -0.39 is 5.91 Å². The lowest BCUT2D eigenvalue weighted by Gasteiger charge is -2.11. The summed E-state index contributed by atoms with van der Waals surface area (Å²) in [5.74, 6) is -0.582. The highest BCUT2D eigenvalue weighted by molar-refractivity contribution is 8.00. The lowest BCUT2D eigenvalue weighted by atomic mass is 10.3. The molecule has 0 aliphatic carbocycles. The van der Waals surface area contributed by atoms with Crippen LogP contribution in [0, 0.1) is 0 Å². The second-order valence-corrected chi connectivity index (χ2v) is 6.39. The van der Waals surface area contributed by atoms with Gasteiger partial charge >= 0.3 is 6.03 Å². The van der Waals surface area contributed by atoms with Crippen molar-refractivity contribution in [3.63, 3.8) is 0 Å². The van der Waals surface area contributed by atoms with Crippen LogP contribution in [-0.2, 0) is 0 Å². The second kappa shape index (κ2) is 6.05. The topological polar surface area (TPSA) is 88.3 Å². The quantitative estimate of drug-likeness (QED) is 0.827. The van der Waals surface area contributed by atoms with Gasteiger partial charge in [0.15, 0.2) is 0 Å². The van der Waals surface area contributed by atoms with E-state index in [1.54, 1.807) is 14.1 Å². The second-order valence-electron chi connectivity index (χ2n) is 4.05. The molecule has 0 saturated carbocycles. The van der Waals surface area contributed by atoms with Gasteiger partial charge < -0.3 is 10.6 Å². The summed E-state index contributed by atoms with van der Waals surface area (Å²) in [6.45, 7) is 3.99. The minimum atomic E-state index is -0.582. The average Bonchev–Trinajstić information content (AvgIpc) is 2.59. The molecule has 18 heavy (non-hydrogen) atoms. The van der Waals surface area contributed by atoms with E-state index in [1.807, 2.05) is 13.8 Å². The maximum atomic E-state index is 11.6. The van der Waals surface area contributed by atoms with Crippen LogP contribution in [0.25, 0.3) is 0 Å². The molecule has 3 amide bonds. The van der Waals surface area contributed by atoms with Gasteiger partial charge in [-0.2, -0.15) is 4.37 Å². The van der Waals surface area contributed by atoms with Crippen LogP contribution in [0.15, 0.2) is 5.03 Å². The maximum Gasteiger partial charge on any atom is 0.321 e. The van der Waals surface area contributed by atoms with E-state index in [-0.39, 0.29) is 16.8 Å². The van der Waals surface area contributed by atoms with Crippen LogP contribution < -0.4 is 11.1 Å². The predicted molar refractivity (Wildman–Crippen MR) is 74.3 cm³/mol. The Morgan fingerprint density at radius 3 is 2.50 bits per heavy atom. The van der Waals surface area contributed by atoms with Crippen molar-refractivity contribution in [2.75, 3.05) is 19.4 Å². The van der Waals surface area contributed by atoms with Gasteiger partial charge in [-0.1, -0.05) is 13.8 Å². The minimum Gasteiger partial charge on any atom is -0.365 e. The summed E-state index contributed by atoms with van der Waals surface area (Å²) in [4.78, 5) is 24.4. The minimum absolute atomic E-state index is 0.280. The van der Waals surface area contributed by atoms with Gasteiger partial charge in [-0.15, -0.1) is 11.8 Å². The van der Waals surface area contributed by atoms with Crippen LogP contribution in [-0.4, -0.2) is 40.6 Å². The third-order valence-electron chi connectivity index (χ3n) is 1.88. The van der Waals surface area contributed by atoms with Crippen molar-refractivity contribution in [3.05, 3.63) is 5.56 Å². The van der Waals surface area contributed by atoms with E-state index in [0.29, 0.717) is 10.0 Å². The lowest BCUT2D eigenvalue weighted by Crippen LogP contribution is -2.28. The normalized spacial score (nSPS) is 10.5. The molecule has 8 heteroatoms. The van der Waals surface area contributed by atoms with E-state index >= 15 is 0 Å². The van der Waals surface area contributed by atoms with Gasteiger partial charge in [-0.05, 0) is 11.5 Å². The van der Waals surface area contributed by atoms with Gasteiger partial charge in [0.2, 0.25) is 0 Å². The zero-order valence-electron chi connectivity index (χ0n) is 10.7. The number of hydrogen-bond acceptors (Lipinski definition) is 5. The molecular weight excluding hydrogens is 272 g/mol. The van der Waals surface area contributed by atoms with Crippen molar-refractivity contribution < 1.29 is 9.59 Å². The smallest absolute Gasteiger partial charge is 0.321 e. The molecule has 0 aromatic carbocycles. The molecule has 0 radical (unpaired) electrons. The van der Waals surface area contributed by atoms with Gasteiger partial charge in [0.25, 0.3) is 5.91 Å². The van der Waals surface area contributed by atoms with Crippen molar-refractivity contribution in [1.82, 2.24) is 9.27 Å². The molecule has 0 aliphatic rings. The molecule has 0 bridgehead atoms. The number of amides is 3. The fourth-order valence-electron chi connectivity index (χ4n) is 1.09. The Kier molecular flexibility index (Phi) is 4.97. The zero-order chi connectivity index (χ0) is 13.9. The molecule has 0 atom stereocenters. The summed E-state index contributed by atoms with van der Waals surface area (Å²) < 4.78 is 4.16. The number of aromatic nitrogens is 1. The molecule has 0 fully saturated rings. The fourth-order valence-corrected chi connectivity index (χ4v) is 2.89. The highest BCUT2D eigenvalue weighted by Gasteiger charge is 2.21. The Bertz CT molecular complexity index is 457. The van der Waals surface area contributed by atoms with E-state index in [0.717, 1.165) is 11.5 Å². The largest absolute Gasteiger partial charge is 0.365 e. The number of anilines is 1. The average molecular weight is 288 g/mol. The van der Waals surface area contributed by atoms with Crippen LogP contribution in [0.2, 0.25) is 0 Å². The first kappa shape index (κ1) is 14.8. The summed E-state index contributed by atoms with van der Waals surface area (Å²) in [5, 5.41) is 3.85. The SMILES string of the molecule is CC(C)Sc1nsc(NC(=O)N(C)C)c1C(N)=O. The van der Waals surface area contributed by atoms with Crippen LogP contribution in [0.5, 0.6) is 0 Å². The summed E-state index contributed by atoms with van der Waals surface area (Å²) in [5.41, 5.74) is 5.62. The van der Waals surface area contributed by atoms with Crippen molar-refractivity contribution in [2.24, 2.45) is 5.73 Å². The molecule has 100 valence electrons. The van der Waals surface area contributed by atoms with E-state index in [4.69, 9.17) is 5.73 Å². The number of nitrogens with two attached hydrogens (primary N) is 1. The Hall–Kier alpha value is -1.28. The molecule has 0 unspecified atom stereocenters. The molecule has 0 spiro atoms. The Morgan fingerprint density at radius 1 is 1.44 bits per heavy atom. The highest BCUT2D eigenvalue weighted by Crippen LogP contribution is 2.33.